The highest BCUT2D eigenvalue weighted by molar-refractivity contribution is 5.95. The van der Waals surface area contributed by atoms with E-state index in [1.165, 1.54) is 25.7 Å². The molecule has 24 heavy (non-hydrogen) atoms. The third-order valence-corrected chi connectivity index (χ3v) is 5.60. The zero-order valence-electron chi connectivity index (χ0n) is 15.6. The van der Waals surface area contributed by atoms with E-state index >= 15 is 0 Å². The Bertz CT molecular complexity index is 425. The molecule has 3 N–H and O–H groups in total. The molecule has 138 valence electrons. The van der Waals surface area contributed by atoms with Gasteiger partial charge < -0.3 is 10.6 Å². The standard InChI is InChI=1S/C19H35N3O2/c1-19(2,3)15-11-7-8-12-16(15)20-13-17(23)22-18(24)21-14-9-5-4-6-10-14/h14-16,20H,4-13H2,1-3H3,(H2,21,22,23,24). The summed E-state index contributed by atoms with van der Waals surface area (Å²) in [6, 6.07) is 0.249. The Labute approximate surface area is 146 Å². The quantitative estimate of drug-likeness (QED) is 0.737. The minimum Gasteiger partial charge on any atom is -0.335 e. The van der Waals surface area contributed by atoms with E-state index in [1.54, 1.807) is 0 Å². The number of carbonyl (C=O) groups is 2. The predicted molar refractivity (Wildman–Crippen MR) is 96.8 cm³/mol. The summed E-state index contributed by atoms with van der Waals surface area (Å²) in [7, 11) is 0. The SMILES string of the molecule is CC(C)(C)C1CCCCC1NCC(=O)NC(=O)NC1CCCCC1. The molecule has 0 aliphatic heterocycles. The van der Waals surface area contributed by atoms with Crippen molar-refractivity contribution in [3.05, 3.63) is 0 Å². The van der Waals surface area contributed by atoms with E-state index in [4.69, 9.17) is 0 Å². The van der Waals surface area contributed by atoms with Crippen molar-refractivity contribution in [2.24, 2.45) is 11.3 Å². The van der Waals surface area contributed by atoms with E-state index in [-0.39, 0.29) is 29.9 Å². The van der Waals surface area contributed by atoms with E-state index in [2.05, 4.69) is 36.7 Å². The van der Waals surface area contributed by atoms with Crippen molar-refractivity contribution >= 4 is 11.9 Å². The Morgan fingerprint density at radius 1 is 0.917 bits per heavy atom. The summed E-state index contributed by atoms with van der Waals surface area (Å²) in [6.07, 6.45) is 10.4. The van der Waals surface area contributed by atoms with Gasteiger partial charge in [-0.3, -0.25) is 10.1 Å². The van der Waals surface area contributed by atoms with Gasteiger partial charge in [0, 0.05) is 12.1 Å². The van der Waals surface area contributed by atoms with Crippen LogP contribution in [0.15, 0.2) is 0 Å². The maximum absolute atomic E-state index is 12.1. The van der Waals surface area contributed by atoms with Crippen LogP contribution in [0.1, 0.15) is 78.6 Å². The van der Waals surface area contributed by atoms with Gasteiger partial charge in [-0.1, -0.05) is 52.9 Å². The maximum atomic E-state index is 12.1. The van der Waals surface area contributed by atoms with E-state index in [0.717, 1.165) is 32.1 Å². The van der Waals surface area contributed by atoms with Crippen molar-refractivity contribution in [1.29, 1.82) is 0 Å². The van der Waals surface area contributed by atoms with Crippen molar-refractivity contribution < 1.29 is 9.59 Å². The van der Waals surface area contributed by atoms with Gasteiger partial charge in [-0.2, -0.15) is 0 Å². The first-order valence-electron chi connectivity index (χ1n) is 9.70. The predicted octanol–water partition coefficient (Wildman–Crippen LogP) is 3.34. The molecule has 2 fully saturated rings. The average Bonchev–Trinajstić information content (AvgIpc) is 2.53. The highest BCUT2D eigenvalue weighted by atomic mass is 16.2. The molecule has 0 saturated heterocycles. The molecule has 2 rings (SSSR count). The Balaban J connectivity index is 1.72. The van der Waals surface area contributed by atoms with Crippen LogP contribution in [0.25, 0.3) is 0 Å². The van der Waals surface area contributed by atoms with E-state index in [1.807, 2.05) is 0 Å². The lowest BCUT2D eigenvalue weighted by Crippen LogP contribution is -2.50. The smallest absolute Gasteiger partial charge is 0.321 e. The topological polar surface area (TPSA) is 70.2 Å². The Morgan fingerprint density at radius 2 is 1.54 bits per heavy atom. The second-order valence-corrected chi connectivity index (χ2v) is 8.60. The van der Waals surface area contributed by atoms with Crippen LogP contribution in [-0.2, 0) is 4.79 Å². The molecule has 5 nitrogen and oxygen atoms in total. The molecule has 0 aromatic rings. The van der Waals surface area contributed by atoms with Crippen molar-refractivity contribution in [3.8, 4) is 0 Å². The number of carbonyl (C=O) groups excluding carboxylic acids is 2. The number of urea groups is 1. The van der Waals surface area contributed by atoms with Crippen LogP contribution >= 0.6 is 0 Å². The van der Waals surface area contributed by atoms with Gasteiger partial charge in [-0.25, -0.2) is 4.79 Å². The number of imide groups is 1. The Kier molecular flexibility index (Phi) is 7.08. The summed E-state index contributed by atoms with van der Waals surface area (Å²) in [5, 5.41) is 8.79. The summed E-state index contributed by atoms with van der Waals surface area (Å²) < 4.78 is 0. The van der Waals surface area contributed by atoms with Crippen molar-refractivity contribution in [3.63, 3.8) is 0 Å². The lowest BCUT2D eigenvalue weighted by Gasteiger charge is -2.40. The molecular formula is C19H35N3O2. The third-order valence-electron chi connectivity index (χ3n) is 5.60. The van der Waals surface area contributed by atoms with Crippen LogP contribution < -0.4 is 16.0 Å². The minimum atomic E-state index is -0.343. The second-order valence-electron chi connectivity index (χ2n) is 8.60. The van der Waals surface area contributed by atoms with Crippen molar-refractivity contribution in [1.82, 2.24) is 16.0 Å². The fraction of sp³-hybridized carbons (Fsp3) is 0.895. The normalized spacial score (nSPS) is 26.0. The zero-order chi connectivity index (χ0) is 17.6. The van der Waals surface area contributed by atoms with Gasteiger partial charge in [0.15, 0.2) is 0 Å². The molecule has 0 aromatic carbocycles. The number of nitrogens with one attached hydrogen (secondary N) is 3. The first-order valence-corrected chi connectivity index (χ1v) is 9.70. The summed E-state index contributed by atoms with van der Waals surface area (Å²) >= 11 is 0. The van der Waals surface area contributed by atoms with E-state index in [0.29, 0.717) is 12.0 Å². The van der Waals surface area contributed by atoms with Gasteiger partial charge in [-0.05, 0) is 37.0 Å². The van der Waals surface area contributed by atoms with Crippen LogP contribution in [0.4, 0.5) is 4.79 Å². The van der Waals surface area contributed by atoms with Crippen molar-refractivity contribution in [2.45, 2.75) is 90.6 Å². The molecule has 2 unspecified atom stereocenters. The van der Waals surface area contributed by atoms with Crippen molar-refractivity contribution in [2.75, 3.05) is 6.54 Å². The monoisotopic (exact) mass is 337 g/mol. The van der Waals surface area contributed by atoms with Crippen LogP contribution in [0.3, 0.4) is 0 Å². The molecule has 2 aliphatic rings. The maximum Gasteiger partial charge on any atom is 0.321 e. The summed E-state index contributed by atoms with van der Waals surface area (Å²) in [6.45, 7) is 7.04. The highest BCUT2D eigenvalue weighted by Gasteiger charge is 2.34. The van der Waals surface area contributed by atoms with Gasteiger partial charge >= 0.3 is 6.03 Å². The molecule has 3 amide bonds. The van der Waals surface area contributed by atoms with Crippen LogP contribution in [0.2, 0.25) is 0 Å². The van der Waals surface area contributed by atoms with E-state index < -0.39 is 0 Å². The summed E-state index contributed by atoms with van der Waals surface area (Å²) in [5.41, 5.74) is 0.243. The fourth-order valence-corrected chi connectivity index (χ4v) is 4.27. The Morgan fingerprint density at radius 3 is 2.21 bits per heavy atom. The summed E-state index contributed by atoms with van der Waals surface area (Å²) in [5.74, 6) is 0.344. The average molecular weight is 338 g/mol. The van der Waals surface area contributed by atoms with Gasteiger partial charge in [0.1, 0.15) is 0 Å². The van der Waals surface area contributed by atoms with Crippen LogP contribution in [0.5, 0.6) is 0 Å². The van der Waals surface area contributed by atoms with E-state index in [9.17, 15) is 9.59 Å². The first kappa shape index (κ1) is 19.2. The third kappa shape index (κ3) is 6.08. The molecule has 0 heterocycles. The molecule has 0 spiro atoms. The molecule has 5 heteroatoms. The molecule has 2 aliphatic carbocycles. The lowest BCUT2D eigenvalue weighted by atomic mass is 9.69. The number of amides is 3. The summed E-state index contributed by atoms with van der Waals surface area (Å²) in [4.78, 5) is 24.0. The molecule has 2 atom stereocenters. The zero-order valence-corrected chi connectivity index (χ0v) is 15.6. The number of hydrogen-bond acceptors (Lipinski definition) is 3. The number of hydrogen-bond donors (Lipinski definition) is 3. The second kappa shape index (κ2) is 8.84. The van der Waals surface area contributed by atoms with Gasteiger partial charge in [0.05, 0.1) is 6.54 Å². The largest absolute Gasteiger partial charge is 0.335 e. The molecule has 2 saturated carbocycles. The fourth-order valence-electron chi connectivity index (χ4n) is 4.27. The van der Waals surface area contributed by atoms with Crippen LogP contribution in [-0.4, -0.2) is 30.6 Å². The van der Waals surface area contributed by atoms with Crippen LogP contribution in [0, 0.1) is 11.3 Å². The Hall–Kier alpha value is -1.10. The molecule has 0 aromatic heterocycles. The first-order chi connectivity index (χ1) is 11.4. The highest BCUT2D eigenvalue weighted by Crippen LogP contribution is 2.37. The van der Waals surface area contributed by atoms with Gasteiger partial charge in [0.2, 0.25) is 5.91 Å². The number of rotatable bonds is 4. The molecule has 0 radical (unpaired) electrons. The molecule has 0 bridgehead atoms. The van der Waals surface area contributed by atoms with Gasteiger partial charge in [0.25, 0.3) is 0 Å². The van der Waals surface area contributed by atoms with Gasteiger partial charge in [-0.15, -0.1) is 0 Å². The molecular weight excluding hydrogens is 302 g/mol. The minimum absolute atomic E-state index is 0.218. The lowest BCUT2D eigenvalue weighted by molar-refractivity contribution is -0.119.